The largest absolute Gasteiger partial charge is 0.493 e. The molecule has 0 unspecified atom stereocenters. The molecule has 0 aliphatic heterocycles. The van der Waals surface area contributed by atoms with E-state index in [0.29, 0.717) is 12.3 Å². The van der Waals surface area contributed by atoms with Crippen molar-refractivity contribution in [1.82, 2.24) is 20.1 Å². The van der Waals surface area contributed by atoms with Crippen LogP contribution in [0.25, 0.3) is 32.8 Å². The molecule has 178 valence electrons. The predicted octanol–water partition coefficient (Wildman–Crippen LogP) is 5.71. The van der Waals surface area contributed by atoms with Gasteiger partial charge in [-0.1, -0.05) is 54.6 Å². The lowest BCUT2D eigenvalue weighted by atomic mass is 9.98. The van der Waals surface area contributed by atoms with Crippen molar-refractivity contribution in [2.45, 2.75) is 26.7 Å². The maximum atomic E-state index is 12.8. The van der Waals surface area contributed by atoms with Crippen LogP contribution in [-0.4, -0.2) is 34.3 Å². The van der Waals surface area contributed by atoms with Gasteiger partial charge < -0.3 is 15.0 Å². The van der Waals surface area contributed by atoms with Crippen molar-refractivity contribution in [3.8, 4) is 16.9 Å². The van der Waals surface area contributed by atoms with Gasteiger partial charge in [-0.2, -0.15) is 5.10 Å². The standard InChI is InChI=1S/C29H30N4O2/c1-18-26(19(2)33(4)32-18)24-14-8-13-22-23(28(29(34)30-3)31-27(22)24)15-9-17-35-25-16-7-11-20-10-5-6-12-21(20)25/h5-8,10-14,16,31H,9,15,17H2,1-4H3,(H,30,34). The van der Waals surface area contributed by atoms with E-state index < -0.39 is 0 Å². The van der Waals surface area contributed by atoms with Crippen LogP contribution in [0, 0.1) is 13.8 Å². The zero-order chi connectivity index (χ0) is 24.5. The first-order valence-electron chi connectivity index (χ1n) is 12.0. The summed E-state index contributed by atoms with van der Waals surface area (Å²) in [6.45, 7) is 4.66. The lowest BCUT2D eigenvalue weighted by molar-refractivity contribution is 0.0958. The van der Waals surface area contributed by atoms with Crippen LogP contribution in [0.5, 0.6) is 5.75 Å². The Kier molecular flexibility index (Phi) is 6.03. The van der Waals surface area contributed by atoms with Crippen LogP contribution in [0.15, 0.2) is 60.7 Å². The quantitative estimate of drug-likeness (QED) is 0.302. The summed E-state index contributed by atoms with van der Waals surface area (Å²) in [4.78, 5) is 16.2. The highest BCUT2D eigenvalue weighted by atomic mass is 16.5. The molecule has 3 aromatic carbocycles. The Balaban J connectivity index is 1.45. The third kappa shape index (κ3) is 4.05. The first-order chi connectivity index (χ1) is 17.0. The summed E-state index contributed by atoms with van der Waals surface area (Å²) in [5, 5.41) is 10.7. The number of ether oxygens (including phenoxy) is 1. The van der Waals surface area contributed by atoms with Crippen molar-refractivity contribution in [1.29, 1.82) is 0 Å². The number of rotatable bonds is 7. The highest BCUT2D eigenvalue weighted by molar-refractivity contribution is 6.05. The van der Waals surface area contributed by atoms with E-state index >= 15 is 0 Å². The topological polar surface area (TPSA) is 71.9 Å². The molecular formula is C29H30N4O2. The molecule has 0 fully saturated rings. The number of aromatic nitrogens is 3. The highest BCUT2D eigenvalue weighted by Crippen LogP contribution is 2.35. The van der Waals surface area contributed by atoms with Gasteiger partial charge in [0.2, 0.25) is 0 Å². The van der Waals surface area contributed by atoms with Crippen LogP contribution in [0.3, 0.4) is 0 Å². The Morgan fingerprint density at radius 3 is 2.54 bits per heavy atom. The lowest BCUT2D eigenvalue weighted by Gasteiger charge is -2.10. The van der Waals surface area contributed by atoms with E-state index in [1.54, 1.807) is 7.05 Å². The maximum absolute atomic E-state index is 12.8. The minimum absolute atomic E-state index is 0.114. The molecule has 0 saturated carbocycles. The molecule has 0 bridgehead atoms. The van der Waals surface area contributed by atoms with Crippen LogP contribution >= 0.6 is 0 Å². The van der Waals surface area contributed by atoms with Gasteiger partial charge in [-0.05, 0) is 43.7 Å². The lowest BCUT2D eigenvalue weighted by Crippen LogP contribution is -2.19. The monoisotopic (exact) mass is 466 g/mol. The van der Waals surface area contributed by atoms with Crippen molar-refractivity contribution in [3.63, 3.8) is 0 Å². The average molecular weight is 467 g/mol. The van der Waals surface area contributed by atoms with Crippen LogP contribution in [0.2, 0.25) is 0 Å². The van der Waals surface area contributed by atoms with Gasteiger partial charge in [0, 0.05) is 41.7 Å². The number of carbonyl (C=O) groups excluding carboxylic acids is 1. The minimum atomic E-state index is -0.114. The highest BCUT2D eigenvalue weighted by Gasteiger charge is 2.21. The summed E-state index contributed by atoms with van der Waals surface area (Å²) >= 11 is 0. The number of aryl methyl sites for hydroxylation is 3. The number of amides is 1. The minimum Gasteiger partial charge on any atom is -0.493 e. The summed E-state index contributed by atoms with van der Waals surface area (Å²) in [5.74, 6) is 0.773. The number of H-pyrrole nitrogens is 1. The summed E-state index contributed by atoms with van der Waals surface area (Å²) in [6, 6.07) is 20.6. The molecule has 6 nitrogen and oxygen atoms in total. The predicted molar refractivity (Wildman–Crippen MR) is 141 cm³/mol. The van der Waals surface area contributed by atoms with Crippen molar-refractivity contribution in [2.24, 2.45) is 7.05 Å². The fraction of sp³-hybridized carbons (Fsp3) is 0.241. The van der Waals surface area contributed by atoms with Crippen LogP contribution in [0.4, 0.5) is 0 Å². The molecule has 2 aromatic heterocycles. The number of nitrogens with zero attached hydrogens (tertiary/aromatic N) is 2. The number of aromatic amines is 1. The number of nitrogens with one attached hydrogen (secondary N) is 2. The number of benzene rings is 3. The average Bonchev–Trinajstić information content (AvgIpc) is 3.37. The summed E-state index contributed by atoms with van der Waals surface area (Å²) < 4.78 is 8.06. The molecular weight excluding hydrogens is 436 g/mol. The smallest absolute Gasteiger partial charge is 0.267 e. The van der Waals surface area contributed by atoms with E-state index in [2.05, 4.69) is 58.7 Å². The Bertz CT molecular complexity index is 1540. The van der Waals surface area contributed by atoms with Gasteiger partial charge in [-0.15, -0.1) is 0 Å². The van der Waals surface area contributed by atoms with Crippen LogP contribution in [-0.2, 0) is 13.5 Å². The molecule has 0 aliphatic rings. The molecule has 0 saturated heterocycles. The Hall–Kier alpha value is -4.06. The molecule has 0 radical (unpaired) electrons. The number of para-hydroxylation sites is 1. The molecule has 2 heterocycles. The van der Waals surface area contributed by atoms with Gasteiger partial charge in [-0.3, -0.25) is 9.48 Å². The fourth-order valence-corrected chi connectivity index (χ4v) is 4.98. The van der Waals surface area contributed by atoms with Gasteiger partial charge in [0.25, 0.3) is 5.91 Å². The number of hydrogen-bond donors (Lipinski definition) is 2. The van der Waals surface area contributed by atoms with Crippen molar-refractivity contribution in [3.05, 3.63) is 83.3 Å². The Morgan fingerprint density at radius 2 is 1.77 bits per heavy atom. The van der Waals surface area contributed by atoms with E-state index in [0.717, 1.165) is 68.3 Å². The second-order valence-electron chi connectivity index (χ2n) is 8.88. The van der Waals surface area contributed by atoms with Crippen LogP contribution < -0.4 is 10.1 Å². The molecule has 0 spiro atoms. The third-order valence-corrected chi connectivity index (χ3v) is 6.75. The van der Waals surface area contributed by atoms with E-state index in [-0.39, 0.29) is 5.91 Å². The molecule has 0 aliphatic carbocycles. The first-order valence-corrected chi connectivity index (χ1v) is 12.0. The van der Waals surface area contributed by atoms with Gasteiger partial charge in [0.1, 0.15) is 11.4 Å². The van der Waals surface area contributed by atoms with Gasteiger partial charge in [-0.25, -0.2) is 0 Å². The normalized spacial score (nSPS) is 11.3. The molecule has 6 heteroatoms. The molecule has 5 aromatic rings. The SMILES string of the molecule is CNC(=O)c1[nH]c2c(-c3c(C)nn(C)c3C)cccc2c1CCCOc1cccc2ccccc12. The molecule has 1 amide bonds. The van der Waals surface area contributed by atoms with Crippen LogP contribution in [0.1, 0.15) is 33.9 Å². The first kappa shape index (κ1) is 22.7. The van der Waals surface area contributed by atoms with E-state index in [4.69, 9.17) is 4.74 Å². The zero-order valence-corrected chi connectivity index (χ0v) is 20.6. The molecule has 35 heavy (non-hydrogen) atoms. The number of carbonyl (C=O) groups is 1. The number of fused-ring (bicyclic) bond motifs is 2. The van der Waals surface area contributed by atoms with Crippen molar-refractivity contribution >= 4 is 27.6 Å². The molecule has 2 N–H and O–H groups in total. The zero-order valence-electron chi connectivity index (χ0n) is 20.6. The van der Waals surface area contributed by atoms with E-state index in [1.165, 1.54) is 0 Å². The van der Waals surface area contributed by atoms with Crippen molar-refractivity contribution in [2.75, 3.05) is 13.7 Å². The van der Waals surface area contributed by atoms with Gasteiger partial charge in [0.15, 0.2) is 0 Å². The summed E-state index contributed by atoms with van der Waals surface area (Å²) in [5.41, 5.74) is 6.83. The summed E-state index contributed by atoms with van der Waals surface area (Å²) in [7, 11) is 3.62. The third-order valence-electron chi connectivity index (χ3n) is 6.75. The van der Waals surface area contributed by atoms with Crippen molar-refractivity contribution < 1.29 is 9.53 Å². The molecule has 0 atom stereocenters. The van der Waals surface area contributed by atoms with Gasteiger partial charge in [0.05, 0.1) is 17.8 Å². The maximum Gasteiger partial charge on any atom is 0.267 e. The second kappa shape index (κ2) is 9.29. The second-order valence-corrected chi connectivity index (χ2v) is 8.88. The van der Waals surface area contributed by atoms with E-state index in [1.807, 2.05) is 42.9 Å². The Labute approximate surface area is 204 Å². The van der Waals surface area contributed by atoms with Gasteiger partial charge >= 0.3 is 0 Å². The molecule has 5 rings (SSSR count). The summed E-state index contributed by atoms with van der Waals surface area (Å²) in [6.07, 6.45) is 1.51. The number of hydrogen-bond acceptors (Lipinski definition) is 3. The van der Waals surface area contributed by atoms with E-state index in [9.17, 15) is 4.79 Å². The Morgan fingerprint density at radius 1 is 1.03 bits per heavy atom. The fourth-order valence-electron chi connectivity index (χ4n) is 4.98.